The molecule has 0 aromatic heterocycles. The van der Waals surface area contributed by atoms with Gasteiger partial charge in [0, 0.05) is 5.56 Å². The first-order chi connectivity index (χ1) is 13.0. The molecule has 0 fully saturated rings. The van der Waals surface area contributed by atoms with Crippen LogP contribution in [0.25, 0.3) is 6.08 Å². The van der Waals surface area contributed by atoms with Gasteiger partial charge >= 0.3 is 5.97 Å². The molecular weight excluding hydrogens is 336 g/mol. The molecule has 3 aromatic rings. The molecule has 3 rings (SSSR count). The number of carbonyl (C=O) groups excluding carboxylic acids is 2. The van der Waals surface area contributed by atoms with Gasteiger partial charge in [-0.3, -0.25) is 4.79 Å². The lowest BCUT2D eigenvalue weighted by molar-refractivity contribution is 0.0734. The number of allylic oxidation sites excluding steroid dienone is 1. The lowest BCUT2D eigenvalue weighted by atomic mass is 10.1. The largest absolute Gasteiger partial charge is 0.423 e. The Kier molecular flexibility index (Phi) is 5.62. The topological polar surface area (TPSA) is 43.4 Å². The third-order valence-corrected chi connectivity index (χ3v) is 4.14. The van der Waals surface area contributed by atoms with E-state index in [-0.39, 0.29) is 5.78 Å². The first kappa shape index (κ1) is 18.3. The Morgan fingerprint density at radius 1 is 0.704 bits per heavy atom. The molecule has 0 spiro atoms. The van der Waals surface area contributed by atoms with Crippen LogP contribution in [-0.4, -0.2) is 11.8 Å². The van der Waals surface area contributed by atoms with Crippen molar-refractivity contribution in [2.24, 2.45) is 0 Å². The molecule has 0 saturated carbocycles. The van der Waals surface area contributed by atoms with E-state index < -0.39 is 5.97 Å². The molecule has 0 heterocycles. The summed E-state index contributed by atoms with van der Waals surface area (Å²) in [5, 5.41) is 0. The number of hydrogen-bond acceptors (Lipinski definition) is 3. The SMILES string of the molecule is Cc1ccc(C(=O)/C=C\c2ccc(OC(=O)c3ccc(C)cc3)cc2)cc1. The van der Waals surface area contributed by atoms with Gasteiger partial charge in [-0.15, -0.1) is 0 Å². The number of benzene rings is 3. The summed E-state index contributed by atoms with van der Waals surface area (Å²) in [7, 11) is 0. The van der Waals surface area contributed by atoms with Crippen molar-refractivity contribution in [3.05, 3.63) is 107 Å². The van der Waals surface area contributed by atoms with E-state index in [2.05, 4.69) is 0 Å². The molecule has 0 bridgehead atoms. The normalized spacial score (nSPS) is 10.7. The van der Waals surface area contributed by atoms with Gasteiger partial charge in [0.2, 0.25) is 0 Å². The molecule has 0 saturated heterocycles. The van der Waals surface area contributed by atoms with Gasteiger partial charge in [-0.25, -0.2) is 4.79 Å². The maximum atomic E-state index is 12.2. The Labute approximate surface area is 158 Å². The van der Waals surface area contributed by atoms with Crippen LogP contribution in [0.15, 0.2) is 78.9 Å². The van der Waals surface area contributed by atoms with Crippen molar-refractivity contribution in [3.63, 3.8) is 0 Å². The van der Waals surface area contributed by atoms with Crippen LogP contribution < -0.4 is 4.74 Å². The van der Waals surface area contributed by atoms with Crippen LogP contribution in [0.2, 0.25) is 0 Å². The average molecular weight is 356 g/mol. The average Bonchev–Trinajstić information content (AvgIpc) is 2.68. The molecule has 0 N–H and O–H groups in total. The van der Waals surface area contributed by atoms with Gasteiger partial charge in [-0.2, -0.15) is 0 Å². The van der Waals surface area contributed by atoms with Crippen molar-refractivity contribution in [3.8, 4) is 5.75 Å². The fourth-order valence-corrected chi connectivity index (χ4v) is 2.49. The van der Waals surface area contributed by atoms with E-state index in [0.717, 1.165) is 16.7 Å². The number of ether oxygens (including phenoxy) is 1. The lowest BCUT2D eigenvalue weighted by Crippen LogP contribution is -2.08. The zero-order chi connectivity index (χ0) is 19.2. The van der Waals surface area contributed by atoms with Crippen molar-refractivity contribution < 1.29 is 14.3 Å². The summed E-state index contributed by atoms with van der Waals surface area (Å²) in [5.41, 5.74) is 4.22. The van der Waals surface area contributed by atoms with E-state index in [1.54, 1.807) is 42.5 Å². The van der Waals surface area contributed by atoms with E-state index in [0.29, 0.717) is 16.9 Å². The molecule has 0 amide bonds. The van der Waals surface area contributed by atoms with Crippen LogP contribution in [-0.2, 0) is 0 Å². The monoisotopic (exact) mass is 356 g/mol. The van der Waals surface area contributed by atoms with Gasteiger partial charge < -0.3 is 4.74 Å². The fourth-order valence-electron chi connectivity index (χ4n) is 2.49. The van der Waals surface area contributed by atoms with Crippen molar-refractivity contribution in [2.75, 3.05) is 0 Å². The van der Waals surface area contributed by atoms with Crippen molar-refractivity contribution in [2.45, 2.75) is 13.8 Å². The Hall–Kier alpha value is -3.46. The van der Waals surface area contributed by atoms with Crippen molar-refractivity contribution in [1.29, 1.82) is 0 Å². The van der Waals surface area contributed by atoms with Crippen LogP contribution in [0.1, 0.15) is 37.4 Å². The van der Waals surface area contributed by atoms with Crippen LogP contribution >= 0.6 is 0 Å². The predicted octanol–water partition coefficient (Wildman–Crippen LogP) is 5.42. The predicted molar refractivity (Wildman–Crippen MR) is 107 cm³/mol. The second-order valence-corrected chi connectivity index (χ2v) is 6.39. The minimum absolute atomic E-state index is 0.0510. The Morgan fingerprint density at radius 3 is 1.78 bits per heavy atom. The van der Waals surface area contributed by atoms with Gasteiger partial charge in [0.25, 0.3) is 0 Å². The molecule has 27 heavy (non-hydrogen) atoms. The smallest absolute Gasteiger partial charge is 0.343 e. The summed E-state index contributed by atoms with van der Waals surface area (Å²) >= 11 is 0. The highest BCUT2D eigenvalue weighted by molar-refractivity contribution is 6.06. The highest BCUT2D eigenvalue weighted by Gasteiger charge is 2.08. The van der Waals surface area contributed by atoms with Gasteiger partial charge in [0.05, 0.1) is 5.56 Å². The number of esters is 1. The number of aryl methyl sites for hydroxylation is 2. The van der Waals surface area contributed by atoms with Crippen LogP contribution in [0.4, 0.5) is 0 Å². The van der Waals surface area contributed by atoms with Crippen molar-refractivity contribution in [1.82, 2.24) is 0 Å². The minimum Gasteiger partial charge on any atom is -0.423 e. The molecule has 0 radical (unpaired) electrons. The Balaban J connectivity index is 1.62. The van der Waals surface area contributed by atoms with Crippen LogP contribution in [0.5, 0.6) is 5.75 Å². The van der Waals surface area contributed by atoms with Gasteiger partial charge in [-0.05, 0) is 49.8 Å². The standard InChI is InChI=1S/C24H20O3/c1-17-3-10-20(11-4-17)23(25)16-9-19-7-14-22(15-8-19)27-24(26)21-12-5-18(2)6-13-21/h3-16H,1-2H3/b16-9-. The highest BCUT2D eigenvalue weighted by atomic mass is 16.5. The molecule has 3 aromatic carbocycles. The lowest BCUT2D eigenvalue weighted by Gasteiger charge is -2.05. The zero-order valence-corrected chi connectivity index (χ0v) is 15.3. The minimum atomic E-state index is -0.396. The van der Waals surface area contributed by atoms with Gasteiger partial charge in [0.15, 0.2) is 5.78 Å². The second kappa shape index (κ2) is 8.28. The summed E-state index contributed by atoms with van der Waals surface area (Å²) in [6.07, 6.45) is 3.28. The third-order valence-electron chi connectivity index (χ3n) is 4.14. The maximum absolute atomic E-state index is 12.2. The van der Waals surface area contributed by atoms with E-state index in [4.69, 9.17) is 4.74 Å². The van der Waals surface area contributed by atoms with E-state index in [1.165, 1.54) is 6.08 Å². The summed E-state index contributed by atoms with van der Waals surface area (Å²) in [6, 6.07) is 21.7. The van der Waals surface area contributed by atoms with Crippen LogP contribution in [0, 0.1) is 13.8 Å². The van der Waals surface area contributed by atoms with E-state index >= 15 is 0 Å². The van der Waals surface area contributed by atoms with Crippen LogP contribution in [0.3, 0.4) is 0 Å². The quantitative estimate of drug-likeness (QED) is 0.265. The first-order valence-electron chi connectivity index (χ1n) is 8.69. The molecule has 3 heteroatoms. The second-order valence-electron chi connectivity index (χ2n) is 6.39. The number of carbonyl (C=O) groups is 2. The summed E-state index contributed by atoms with van der Waals surface area (Å²) in [6.45, 7) is 3.95. The Morgan fingerprint density at radius 2 is 1.22 bits per heavy atom. The fraction of sp³-hybridized carbons (Fsp3) is 0.0833. The van der Waals surface area contributed by atoms with E-state index in [1.807, 2.05) is 50.2 Å². The zero-order valence-electron chi connectivity index (χ0n) is 15.3. The van der Waals surface area contributed by atoms with Gasteiger partial charge in [0.1, 0.15) is 5.75 Å². The third kappa shape index (κ3) is 5.02. The molecule has 134 valence electrons. The molecule has 3 nitrogen and oxygen atoms in total. The van der Waals surface area contributed by atoms with Crippen molar-refractivity contribution >= 4 is 17.8 Å². The van der Waals surface area contributed by atoms with E-state index in [9.17, 15) is 9.59 Å². The highest BCUT2D eigenvalue weighted by Crippen LogP contribution is 2.16. The molecule has 0 aliphatic rings. The number of ketones is 1. The summed E-state index contributed by atoms with van der Waals surface area (Å²) < 4.78 is 5.37. The summed E-state index contributed by atoms with van der Waals surface area (Å²) in [4.78, 5) is 24.3. The Bertz CT molecular complexity index is 964. The molecule has 0 atom stereocenters. The molecule has 0 aliphatic heterocycles. The molecule has 0 aliphatic carbocycles. The molecular formula is C24H20O3. The molecule has 0 unspecified atom stereocenters. The first-order valence-corrected chi connectivity index (χ1v) is 8.69. The van der Waals surface area contributed by atoms with Gasteiger partial charge in [-0.1, -0.05) is 65.7 Å². The maximum Gasteiger partial charge on any atom is 0.343 e. The summed E-state index contributed by atoms with van der Waals surface area (Å²) in [5.74, 6) is 0.0142. The number of rotatable bonds is 5. The number of hydrogen-bond donors (Lipinski definition) is 0.